The predicted octanol–water partition coefficient (Wildman–Crippen LogP) is 5.25. The van der Waals surface area contributed by atoms with Crippen LogP contribution in [0.15, 0.2) is 40.9 Å². The van der Waals surface area contributed by atoms with Gasteiger partial charge < -0.3 is 14.0 Å². The van der Waals surface area contributed by atoms with Crippen molar-refractivity contribution in [2.24, 2.45) is 0 Å². The molecule has 5 heteroatoms. The molecule has 0 aliphatic heterocycles. The average molecular weight is 364 g/mol. The molecule has 1 aliphatic carbocycles. The highest BCUT2D eigenvalue weighted by atomic mass is 16.5. The van der Waals surface area contributed by atoms with Crippen LogP contribution in [0.3, 0.4) is 0 Å². The van der Waals surface area contributed by atoms with Crippen molar-refractivity contribution >= 4 is 0 Å². The quantitative estimate of drug-likeness (QED) is 0.598. The van der Waals surface area contributed by atoms with Gasteiger partial charge in [-0.15, -0.1) is 0 Å². The van der Waals surface area contributed by atoms with Crippen molar-refractivity contribution in [2.75, 3.05) is 13.2 Å². The van der Waals surface area contributed by atoms with Crippen molar-refractivity contribution in [2.45, 2.75) is 39.5 Å². The van der Waals surface area contributed by atoms with Gasteiger partial charge in [0.05, 0.1) is 13.2 Å². The highest BCUT2D eigenvalue weighted by Crippen LogP contribution is 2.38. The molecule has 0 radical (unpaired) electrons. The van der Waals surface area contributed by atoms with Crippen molar-refractivity contribution < 1.29 is 14.0 Å². The van der Waals surface area contributed by atoms with Crippen molar-refractivity contribution in [3.63, 3.8) is 0 Å². The lowest BCUT2D eigenvalue weighted by Gasteiger charge is -2.11. The SMILES string of the molecule is CCOc1ccc(-c2nc(-c3cccc4c3CC[C@H]4C)no2)cc1OCC. The average Bonchev–Trinajstić information content (AvgIpc) is 3.31. The largest absolute Gasteiger partial charge is 0.490 e. The summed E-state index contributed by atoms with van der Waals surface area (Å²) in [6, 6.07) is 12.1. The first-order valence-electron chi connectivity index (χ1n) is 9.57. The Labute approximate surface area is 159 Å². The summed E-state index contributed by atoms with van der Waals surface area (Å²) in [6.45, 7) is 7.32. The minimum atomic E-state index is 0.484. The zero-order valence-corrected chi connectivity index (χ0v) is 16.0. The summed E-state index contributed by atoms with van der Waals surface area (Å²) >= 11 is 0. The van der Waals surface area contributed by atoms with E-state index in [-0.39, 0.29) is 0 Å². The number of hydrogen-bond donors (Lipinski definition) is 0. The fourth-order valence-corrected chi connectivity index (χ4v) is 3.71. The molecule has 1 heterocycles. The van der Waals surface area contributed by atoms with Crippen molar-refractivity contribution in [1.82, 2.24) is 10.1 Å². The Hall–Kier alpha value is -2.82. The van der Waals surface area contributed by atoms with Crippen LogP contribution in [0.4, 0.5) is 0 Å². The molecule has 0 fully saturated rings. The zero-order valence-electron chi connectivity index (χ0n) is 16.0. The van der Waals surface area contributed by atoms with Crippen LogP contribution < -0.4 is 9.47 Å². The fourth-order valence-electron chi connectivity index (χ4n) is 3.71. The maximum atomic E-state index is 5.70. The van der Waals surface area contributed by atoms with E-state index in [2.05, 4.69) is 35.3 Å². The maximum Gasteiger partial charge on any atom is 0.258 e. The number of ether oxygens (including phenoxy) is 2. The molecule has 1 aliphatic rings. The third-order valence-corrected chi connectivity index (χ3v) is 5.03. The summed E-state index contributed by atoms with van der Waals surface area (Å²) in [5, 5.41) is 4.24. The standard InChI is InChI=1S/C22H24N2O3/c1-4-25-19-12-10-15(13-20(19)26-5-2)22-23-21(24-27-22)18-8-6-7-16-14(3)9-11-17(16)18/h6-8,10,12-14H,4-5,9,11H2,1-3H3/t14-/m1/s1. The van der Waals surface area contributed by atoms with E-state index >= 15 is 0 Å². The summed E-state index contributed by atoms with van der Waals surface area (Å²) in [5.74, 6) is 3.12. The molecule has 27 heavy (non-hydrogen) atoms. The number of hydrogen-bond acceptors (Lipinski definition) is 5. The monoisotopic (exact) mass is 364 g/mol. The molecule has 0 unspecified atom stereocenters. The molecule has 0 amide bonds. The molecule has 1 atom stereocenters. The number of fused-ring (bicyclic) bond motifs is 1. The Kier molecular flexibility index (Phi) is 4.84. The second-order valence-corrected chi connectivity index (χ2v) is 6.76. The molecular formula is C22H24N2O3. The molecule has 1 aromatic heterocycles. The maximum absolute atomic E-state index is 5.70. The van der Waals surface area contributed by atoms with Crippen molar-refractivity contribution in [3.8, 4) is 34.3 Å². The molecule has 0 bridgehead atoms. The smallest absolute Gasteiger partial charge is 0.258 e. The van der Waals surface area contributed by atoms with Gasteiger partial charge in [-0.05, 0) is 61.9 Å². The highest BCUT2D eigenvalue weighted by Gasteiger charge is 2.24. The van der Waals surface area contributed by atoms with E-state index in [1.165, 1.54) is 17.5 Å². The normalized spacial score (nSPS) is 15.6. The minimum Gasteiger partial charge on any atom is -0.490 e. The van der Waals surface area contributed by atoms with Crippen molar-refractivity contribution in [1.29, 1.82) is 0 Å². The van der Waals surface area contributed by atoms with E-state index in [0.717, 1.165) is 23.3 Å². The van der Waals surface area contributed by atoms with Gasteiger partial charge in [0, 0.05) is 11.1 Å². The minimum absolute atomic E-state index is 0.484. The van der Waals surface area contributed by atoms with Gasteiger partial charge in [0.2, 0.25) is 5.82 Å². The first-order valence-corrected chi connectivity index (χ1v) is 9.57. The van der Waals surface area contributed by atoms with E-state index < -0.39 is 0 Å². The van der Waals surface area contributed by atoms with E-state index in [9.17, 15) is 0 Å². The van der Waals surface area contributed by atoms with Crippen LogP contribution in [-0.2, 0) is 6.42 Å². The Bertz CT molecular complexity index is 948. The number of aromatic nitrogens is 2. The molecule has 2 aromatic carbocycles. The van der Waals surface area contributed by atoms with Crippen LogP contribution in [0.2, 0.25) is 0 Å². The van der Waals surface area contributed by atoms with Crippen LogP contribution in [0, 0.1) is 0 Å². The molecule has 4 rings (SSSR count). The van der Waals surface area contributed by atoms with Crippen LogP contribution in [0.25, 0.3) is 22.8 Å². The lowest BCUT2D eigenvalue weighted by molar-refractivity contribution is 0.288. The second-order valence-electron chi connectivity index (χ2n) is 6.76. The molecule has 0 N–H and O–H groups in total. The topological polar surface area (TPSA) is 57.4 Å². The van der Waals surface area contributed by atoms with E-state index in [1.807, 2.05) is 32.0 Å². The predicted molar refractivity (Wildman–Crippen MR) is 104 cm³/mol. The molecule has 140 valence electrons. The van der Waals surface area contributed by atoms with Crippen LogP contribution >= 0.6 is 0 Å². The van der Waals surface area contributed by atoms with Crippen LogP contribution in [-0.4, -0.2) is 23.4 Å². The highest BCUT2D eigenvalue weighted by molar-refractivity contribution is 5.67. The van der Waals surface area contributed by atoms with Crippen LogP contribution in [0.5, 0.6) is 11.5 Å². The third kappa shape index (κ3) is 3.29. The molecule has 0 spiro atoms. The number of rotatable bonds is 6. The number of nitrogens with zero attached hydrogens (tertiary/aromatic N) is 2. The van der Waals surface area contributed by atoms with Crippen molar-refractivity contribution in [3.05, 3.63) is 47.5 Å². The van der Waals surface area contributed by atoms with Gasteiger partial charge in [0.25, 0.3) is 5.89 Å². The molecular weight excluding hydrogens is 340 g/mol. The second kappa shape index (κ2) is 7.43. The molecule has 5 nitrogen and oxygen atoms in total. The van der Waals surface area contributed by atoms with Crippen LogP contribution in [0.1, 0.15) is 44.2 Å². The molecule has 3 aromatic rings. The van der Waals surface area contributed by atoms with E-state index in [4.69, 9.17) is 14.0 Å². The first-order chi connectivity index (χ1) is 13.2. The van der Waals surface area contributed by atoms with E-state index in [1.54, 1.807) is 0 Å². The lowest BCUT2D eigenvalue weighted by atomic mass is 9.99. The van der Waals surface area contributed by atoms with Gasteiger partial charge in [-0.1, -0.05) is 30.3 Å². The van der Waals surface area contributed by atoms with Gasteiger partial charge in [0.15, 0.2) is 11.5 Å². The van der Waals surface area contributed by atoms with Gasteiger partial charge in [-0.3, -0.25) is 0 Å². The summed E-state index contributed by atoms with van der Waals surface area (Å²) in [4.78, 5) is 4.66. The fraction of sp³-hybridized carbons (Fsp3) is 0.364. The summed E-state index contributed by atoms with van der Waals surface area (Å²) < 4.78 is 16.9. The zero-order chi connectivity index (χ0) is 18.8. The third-order valence-electron chi connectivity index (χ3n) is 5.03. The van der Waals surface area contributed by atoms with Gasteiger partial charge in [-0.2, -0.15) is 4.98 Å². The molecule has 0 saturated heterocycles. The van der Waals surface area contributed by atoms with E-state index in [0.29, 0.717) is 36.6 Å². The number of benzene rings is 2. The first kappa shape index (κ1) is 17.6. The van der Waals surface area contributed by atoms with Gasteiger partial charge >= 0.3 is 0 Å². The Morgan fingerprint density at radius 3 is 2.70 bits per heavy atom. The Morgan fingerprint density at radius 2 is 1.89 bits per heavy atom. The van der Waals surface area contributed by atoms with Gasteiger partial charge in [0.1, 0.15) is 0 Å². The Balaban J connectivity index is 1.69. The molecule has 0 saturated carbocycles. The summed E-state index contributed by atoms with van der Waals surface area (Å²) in [5.41, 5.74) is 4.64. The lowest BCUT2D eigenvalue weighted by Crippen LogP contribution is -1.98. The van der Waals surface area contributed by atoms with Gasteiger partial charge in [-0.25, -0.2) is 0 Å². The summed E-state index contributed by atoms with van der Waals surface area (Å²) in [6.07, 6.45) is 2.24. The summed E-state index contributed by atoms with van der Waals surface area (Å²) in [7, 11) is 0. The Morgan fingerprint density at radius 1 is 1.07 bits per heavy atom.